The van der Waals surface area contributed by atoms with Crippen LogP contribution in [0.15, 0.2) is 15.8 Å². The molecule has 1 aromatic rings. The molecule has 0 amide bonds. The molecular weight excluding hydrogens is 342 g/mol. The second kappa shape index (κ2) is 6.76. The van der Waals surface area contributed by atoms with Crippen LogP contribution in [0.25, 0.3) is 0 Å². The number of hydrogen-bond donors (Lipinski definition) is 1. The zero-order valence-electron chi connectivity index (χ0n) is 11.6. The van der Waals surface area contributed by atoms with Crippen LogP contribution in [0.1, 0.15) is 26.2 Å². The van der Waals surface area contributed by atoms with Gasteiger partial charge in [0.05, 0.1) is 18.0 Å². The van der Waals surface area contributed by atoms with Gasteiger partial charge in [0.25, 0.3) is 0 Å². The van der Waals surface area contributed by atoms with Gasteiger partial charge in [-0.1, -0.05) is 0 Å². The number of anilines is 1. The van der Waals surface area contributed by atoms with Crippen molar-refractivity contribution in [1.82, 2.24) is 9.97 Å². The molecule has 7 heteroatoms. The molecule has 1 aromatic heterocycles. The highest BCUT2D eigenvalue weighted by atomic mass is 79.9. The fourth-order valence-electron chi connectivity index (χ4n) is 1.89. The molecule has 110 valence electrons. The average Bonchev–Trinajstić information content (AvgIpc) is 3.20. The number of carbonyl (C=O) groups is 1. The number of rotatable bonds is 7. The van der Waals surface area contributed by atoms with E-state index in [0.717, 1.165) is 40.5 Å². The number of aromatic nitrogens is 2. The summed E-state index contributed by atoms with van der Waals surface area (Å²) in [6.45, 7) is 2.84. The third-order valence-corrected chi connectivity index (χ3v) is 5.67. The number of ether oxygens (including phenoxy) is 1. The molecule has 1 N–H and O–H groups in total. The van der Waals surface area contributed by atoms with E-state index in [0.29, 0.717) is 6.42 Å². The first kappa shape index (κ1) is 15.6. The van der Waals surface area contributed by atoms with Crippen LogP contribution in [0.2, 0.25) is 0 Å². The molecule has 0 saturated heterocycles. The van der Waals surface area contributed by atoms with Crippen LogP contribution in [0, 0.1) is 5.41 Å². The number of nitrogens with zero attached hydrogens (tertiary/aromatic N) is 2. The second-order valence-corrected chi connectivity index (χ2v) is 6.67. The van der Waals surface area contributed by atoms with E-state index in [9.17, 15) is 4.79 Å². The summed E-state index contributed by atoms with van der Waals surface area (Å²) in [6, 6.07) is 0. The SMILES string of the molecule is CCNc1ncnc(SCC2(CC(=O)OC)CC2)c1Br. The monoisotopic (exact) mass is 359 g/mol. The van der Waals surface area contributed by atoms with Crippen molar-refractivity contribution in [1.29, 1.82) is 0 Å². The Hall–Kier alpha value is -0.820. The minimum Gasteiger partial charge on any atom is -0.469 e. The van der Waals surface area contributed by atoms with Gasteiger partial charge in [-0.15, -0.1) is 11.8 Å². The average molecular weight is 360 g/mol. The van der Waals surface area contributed by atoms with Gasteiger partial charge in [-0.2, -0.15) is 0 Å². The molecule has 5 nitrogen and oxygen atoms in total. The van der Waals surface area contributed by atoms with Crippen LogP contribution in [0.4, 0.5) is 5.82 Å². The predicted molar refractivity (Wildman–Crippen MR) is 82.9 cm³/mol. The van der Waals surface area contributed by atoms with E-state index in [1.54, 1.807) is 18.1 Å². The molecule has 1 aliphatic rings. The first-order valence-electron chi connectivity index (χ1n) is 6.54. The summed E-state index contributed by atoms with van der Waals surface area (Å²) in [6.07, 6.45) is 4.22. The highest BCUT2D eigenvalue weighted by molar-refractivity contribution is 9.10. The Morgan fingerprint density at radius 3 is 2.90 bits per heavy atom. The highest BCUT2D eigenvalue weighted by Gasteiger charge is 2.44. The van der Waals surface area contributed by atoms with Gasteiger partial charge in [0, 0.05) is 12.3 Å². The Balaban J connectivity index is 1.97. The van der Waals surface area contributed by atoms with Gasteiger partial charge in [0.15, 0.2) is 0 Å². The molecule has 0 atom stereocenters. The summed E-state index contributed by atoms with van der Waals surface area (Å²) < 4.78 is 5.65. The normalized spacial score (nSPS) is 15.8. The number of hydrogen-bond acceptors (Lipinski definition) is 6. The van der Waals surface area contributed by atoms with Gasteiger partial charge in [-0.05, 0) is 41.1 Å². The highest BCUT2D eigenvalue weighted by Crippen LogP contribution is 2.52. The van der Waals surface area contributed by atoms with Crippen molar-refractivity contribution >= 4 is 39.5 Å². The number of carbonyl (C=O) groups excluding carboxylic acids is 1. The van der Waals surface area contributed by atoms with Gasteiger partial charge < -0.3 is 10.1 Å². The third-order valence-electron chi connectivity index (χ3n) is 3.32. The minimum atomic E-state index is -0.127. The summed E-state index contributed by atoms with van der Waals surface area (Å²) in [4.78, 5) is 19.9. The molecule has 0 bridgehead atoms. The molecule has 0 spiro atoms. The quantitative estimate of drug-likeness (QED) is 0.458. The molecule has 0 unspecified atom stereocenters. The number of thioether (sulfide) groups is 1. The Kier molecular flexibility index (Phi) is 5.26. The van der Waals surface area contributed by atoms with E-state index < -0.39 is 0 Å². The number of nitrogens with one attached hydrogen (secondary N) is 1. The Bertz CT molecular complexity index is 495. The first-order valence-corrected chi connectivity index (χ1v) is 8.32. The zero-order chi connectivity index (χ0) is 14.6. The summed E-state index contributed by atoms with van der Waals surface area (Å²) in [5.41, 5.74) is 0.0977. The number of halogens is 1. The van der Waals surface area contributed by atoms with Gasteiger partial charge in [-0.25, -0.2) is 9.97 Å². The molecular formula is C13H18BrN3O2S. The molecule has 1 saturated carbocycles. The maximum Gasteiger partial charge on any atom is 0.306 e. The van der Waals surface area contributed by atoms with Crippen molar-refractivity contribution in [2.24, 2.45) is 5.41 Å². The van der Waals surface area contributed by atoms with Crippen molar-refractivity contribution in [3.8, 4) is 0 Å². The van der Waals surface area contributed by atoms with Crippen LogP contribution >= 0.6 is 27.7 Å². The summed E-state index contributed by atoms with van der Waals surface area (Å²) in [5, 5.41) is 4.09. The van der Waals surface area contributed by atoms with Gasteiger partial charge in [-0.3, -0.25) is 4.79 Å². The Morgan fingerprint density at radius 1 is 1.55 bits per heavy atom. The summed E-state index contributed by atoms with van der Waals surface area (Å²) in [7, 11) is 1.44. The molecule has 1 fully saturated rings. The van der Waals surface area contributed by atoms with Crippen LogP contribution < -0.4 is 5.32 Å². The molecule has 0 aliphatic heterocycles. The fraction of sp³-hybridized carbons (Fsp3) is 0.615. The molecule has 2 rings (SSSR count). The number of esters is 1. The molecule has 20 heavy (non-hydrogen) atoms. The van der Waals surface area contributed by atoms with E-state index in [4.69, 9.17) is 4.74 Å². The smallest absolute Gasteiger partial charge is 0.306 e. The lowest BCUT2D eigenvalue weighted by Crippen LogP contribution is -2.13. The van der Waals surface area contributed by atoms with E-state index in [1.165, 1.54) is 7.11 Å². The van der Waals surface area contributed by atoms with Crippen LogP contribution in [0.3, 0.4) is 0 Å². The predicted octanol–water partition coefficient (Wildman–Crippen LogP) is 3.11. The van der Waals surface area contributed by atoms with Crippen LogP contribution in [-0.4, -0.2) is 35.3 Å². The minimum absolute atomic E-state index is 0.0977. The van der Waals surface area contributed by atoms with E-state index in [-0.39, 0.29) is 11.4 Å². The standard InChI is InChI=1S/C13H18BrN3O2S/c1-3-15-11-10(14)12(17-8-16-11)20-7-13(4-5-13)6-9(18)19-2/h8H,3-7H2,1-2H3,(H,15,16,17). The fourth-order valence-corrected chi connectivity index (χ4v) is 3.76. The zero-order valence-corrected chi connectivity index (χ0v) is 14.0. The van der Waals surface area contributed by atoms with Crippen molar-refractivity contribution < 1.29 is 9.53 Å². The molecule has 1 aliphatic carbocycles. The lowest BCUT2D eigenvalue weighted by molar-refractivity contribution is -0.141. The topological polar surface area (TPSA) is 64.1 Å². The molecule has 0 aromatic carbocycles. The van der Waals surface area contributed by atoms with Crippen molar-refractivity contribution in [3.63, 3.8) is 0 Å². The van der Waals surface area contributed by atoms with Gasteiger partial charge in [0.2, 0.25) is 0 Å². The van der Waals surface area contributed by atoms with Crippen molar-refractivity contribution in [2.45, 2.75) is 31.2 Å². The van der Waals surface area contributed by atoms with Gasteiger partial charge >= 0.3 is 5.97 Å². The van der Waals surface area contributed by atoms with E-state index >= 15 is 0 Å². The first-order chi connectivity index (χ1) is 9.60. The maximum atomic E-state index is 11.4. The van der Waals surface area contributed by atoms with E-state index in [1.807, 2.05) is 6.92 Å². The summed E-state index contributed by atoms with van der Waals surface area (Å²) >= 11 is 5.20. The van der Waals surface area contributed by atoms with E-state index in [2.05, 4.69) is 31.2 Å². The van der Waals surface area contributed by atoms with Crippen molar-refractivity contribution in [3.05, 3.63) is 10.8 Å². The van der Waals surface area contributed by atoms with Crippen LogP contribution in [-0.2, 0) is 9.53 Å². The van der Waals surface area contributed by atoms with Gasteiger partial charge in [0.1, 0.15) is 17.2 Å². The molecule has 0 radical (unpaired) electrons. The lowest BCUT2D eigenvalue weighted by Gasteiger charge is -2.14. The van der Waals surface area contributed by atoms with Crippen LogP contribution in [0.5, 0.6) is 0 Å². The summed E-state index contributed by atoms with van der Waals surface area (Å²) in [5.74, 6) is 1.56. The lowest BCUT2D eigenvalue weighted by atomic mass is 10.1. The maximum absolute atomic E-state index is 11.4. The Labute approximate surface area is 131 Å². The second-order valence-electron chi connectivity index (χ2n) is 4.91. The third kappa shape index (κ3) is 3.85. The Morgan fingerprint density at radius 2 is 2.30 bits per heavy atom. The number of methoxy groups -OCH3 is 1. The van der Waals surface area contributed by atoms with Crippen molar-refractivity contribution in [2.75, 3.05) is 24.7 Å². The molecule has 1 heterocycles. The largest absolute Gasteiger partial charge is 0.469 e.